The minimum atomic E-state index is -0.599. The van der Waals surface area contributed by atoms with Crippen LogP contribution in [0.3, 0.4) is 0 Å². The normalized spacial score (nSPS) is 10.6. The summed E-state index contributed by atoms with van der Waals surface area (Å²) in [7, 11) is 0. The lowest BCUT2D eigenvalue weighted by Gasteiger charge is -2.08. The van der Waals surface area contributed by atoms with E-state index in [0.717, 1.165) is 5.56 Å². The molecule has 0 aliphatic carbocycles. The van der Waals surface area contributed by atoms with E-state index < -0.39 is 5.97 Å². The van der Waals surface area contributed by atoms with Gasteiger partial charge in [-0.1, -0.05) is 41.9 Å². The number of ether oxygens (including phenoxy) is 1. The maximum Gasteiger partial charge on any atom is 0.312 e. The Bertz CT molecular complexity index is 1050. The molecule has 0 aliphatic rings. The molecule has 0 spiro atoms. The molecular weight excluding hydrogens is 382 g/mol. The third kappa shape index (κ3) is 5.17. The van der Waals surface area contributed by atoms with Gasteiger partial charge in [0.1, 0.15) is 0 Å². The number of H-pyrrole nitrogens is 1. The predicted molar refractivity (Wildman–Crippen MR) is 105 cm³/mol. The summed E-state index contributed by atoms with van der Waals surface area (Å²) in [5.74, 6) is -0.987. The summed E-state index contributed by atoms with van der Waals surface area (Å²) in [5.41, 5.74) is 1.11. The van der Waals surface area contributed by atoms with Gasteiger partial charge in [0.25, 0.3) is 11.5 Å². The SMILES string of the molecule is O=C(COC(=O)Cc1n[nH]c(=O)c2ccccc12)NCCc1ccc(Cl)cc1. The second-order valence-corrected chi connectivity index (χ2v) is 6.55. The molecule has 144 valence electrons. The molecule has 0 saturated carbocycles. The minimum absolute atomic E-state index is 0.144. The molecule has 0 radical (unpaired) electrons. The third-order valence-corrected chi connectivity index (χ3v) is 4.35. The Morgan fingerprint density at radius 2 is 1.79 bits per heavy atom. The van der Waals surface area contributed by atoms with E-state index in [1.54, 1.807) is 36.4 Å². The number of carbonyl (C=O) groups excluding carboxylic acids is 2. The van der Waals surface area contributed by atoms with E-state index in [9.17, 15) is 14.4 Å². The van der Waals surface area contributed by atoms with Crippen molar-refractivity contribution >= 4 is 34.2 Å². The fraction of sp³-hybridized carbons (Fsp3) is 0.200. The Kier molecular flexibility index (Phi) is 6.39. The van der Waals surface area contributed by atoms with Crippen LogP contribution in [0.15, 0.2) is 53.3 Å². The quantitative estimate of drug-likeness (QED) is 0.592. The zero-order chi connectivity index (χ0) is 19.9. The summed E-state index contributed by atoms with van der Waals surface area (Å²) in [4.78, 5) is 35.6. The number of amides is 1. The maximum absolute atomic E-state index is 12.0. The number of carbonyl (C=O) groups is 2. The monoisotopic (exact) mass is 399 g/mol. The predicted octanol–water partition coefficient (Wildman–Crippen LogP) is 2.02. The fourth-order valence-electron chi connectivity index (χ4n) is 2.69. The lowest BCUT2D eigenvalue weighted by Crippen LogP contribution is -2.30. The molecule has 3 aromatic rings. The molecule has 0 unspecified atom stereocenters. The highest BCUT2D eigenvalue weighted by atomic mass is 35.5. The van der Waals surface area contributed by atoms with E-state index in [4.69, 9.17) is 16.3 Å². The van der Waals surface area contributed by atoms with Crippen LogP contribution in [0.4, 0.5) is 0 Å². The van der Waals surface area contributed by atoms with Crippen LogP contribution in [0, 0.1) is 0 Å². The summed E-state index contributed by atoms with van der Waals surface area (Å²) >= 11 is 5.82. The number of nitrogens with one attached hydrogen (secondary N) is 2. The van der Waals surface area contributed by atoms with Crippen LogP contribution in [-0.2, 0) is 27.2 Å². The maximum atomic E-state index is 12.0. The minimum Gasteiger partial charge on any atom is -0.455 e. The highest BCUT2D eigenvalue weighted by molar-refractivity contribution is 6.30. The second-order valence-electron chi connectivity index (χ2n) is 6.11. The largest absolute Gasteiger partial charge is 0.455 e. The van der Waals surface area contributed by atoms with Gasteiger partial charge in [-0.25, -0.2) is 5.10 Å². The smallest absolute Gasteiger partial charge is 0.312 e. The van der Waals surface area contributed by atoms with Gasteiger partial charge in [-0.05, 0) is 30.2 Å². The van der Waals surface area contributed by atoms with Crippen molar-refractivity contribution < 1.29 is 14.3 Å². The number of fused-ring (bicyclic) bond motifs is 1. The topological polar surface area (TPSA) is 101 Å². The van der Waals surface area contributed by atoms with Crippen molar-refractivity contribution in [2.45, 2.75) is 12.8 Å². The molecule has 1 aromatic heterocycles. The number of hydrogen-bond acceptors (Lipinski definition) is 5. The number of benzene rings is 2. The van der Waals surface area contributed by atoms with Gasteiger partial charge in [0.15, 0.2) is 6.61 Å². The van der Waals surface area contributed by atoms with E-state index >= 15 is 0 Å². The van der Waals surface area contributed by atoms with Crippen molar-refractivity contribution in [3.05, 3.63) is 75.2 Å². The zero-order valence-corrected chi connectivity index (χ0v) is 15.7. The fourth-order valence-corrected chi connectivity index (χ4v) is 2.81. The van der Waals surface area contributed by atoms with E-state index in [1.807, 2.05) is 12.1 Å². The van der Waals surface area contributed by atoms with Crippen molar-refractivity contribution in [1.29, 1.82) is 0 Å². The van der Waals surface area contributed by atoms with Crippen molar-refractivity contribution in [3.8, 4) is 0 Å². The third-order valence-electron chi connectivity index (χ3n) is 4.10. The average molecular weight is 400 g/mol. The lowest BCUT2D eigenvalue weighted by molar-refractivity contribution is -0.147. The van der Waals surface area contributed by atoms with E-state index in [1.165, 1.54) is 0 Å². The summed E-state index contributed by atoms with van der Waals surface area (Å²) in [5, 5.41) is 10.6. The molecule has 7 nitrogen and oxygen atoms in total. The van der Waals surface area contributed by atoms with Crippen molar-refractivity contribution in [2.24, 2.45) is 0 Å². The van der Waals surface area contributed by atoms with Gasteiger partial charge in [-0.15, -0.1) is 0 Å². The number of aromatic amines is 1. The van der Waals surface area contributed by atoms with Gasteiger partial charge in [0.2, 0.25) is 0 Å². The van der Waals surface area contributed by atoms with Gasteiger partial charge >= 0.3 is 5.97 Å². The van der Waals surface area contributed by atoms with Gasteiger partial charge in [-0.3, -0.25) is 14.4 Å². The van der Waals surface area contributed by atoms with Crippen molar-refractivity contribution in [3.63, 3.8) is 0 Å². The molecule has 0 atom stereocenters. The highest BCUT2D eigenvalue weighted by Gasteiger charge is 2.13. The summed E-state index contributed by atoms with van der Waals surface area (Å²) < 4.78 is 5.00. The Morgan fingerprint density at radius 1 is 1.07 bits per heavy atom. The second kappa shape index (κ2) is 9.14. The number of hydrogen-bond donors (Lipinski definition) is 2. The Morgan fingerprint density at radius 3 is 2.54 bits per heavy atom. The van der Waals surface area contributed by atoms with Crippen LogP contribution in [0.25, 0.3) is 10.8 Å². The number of nitrogens with zero attached hydrogens (tertiary/aromatic N) is 1. The van der Waals surface area contributed by atoms with Crippen LogP contribution in [0.1, 0.15) is 11.3 Å². The molecule has 1 heterocycles. The van der Waals surface area contributed by atoms with Crippen molar-refractivity contribution in [1.82, 2.24) is 15.5 Å². The number of halogens is 1. The number of rotatable bonds is 7. The molecule has 8 heteroatoms. The summed E-state index contributed by atoms with van der Waals surface area (Å²) in [6.45, 7) is 0.0465. The van der Waals surface area contributed by atoms with Crippen LogP contribution < -0.4 is 10.9 Å². The standard InChI is InChI=1S/C20H18ClN3O4/c21-14-7-5-13(6-8-14)9-10-22-18(25)12-28-19(26)11-17-15-3-1-2-4-16(15)20(27)24-23-17/h1-8H,9-12H2,(H,22,25)(H,24,27). The van der Waals surface area contributed by atoms with E-state index in [-0.39, 0.29) is 24.5 Å². The summed E-state index contributed by atoms with van der Waals surface area (Å²) in [6.07, 6.45) is 0.499. The molecular formula is C20H18ClN3O4. The van der Waals surface area contributed by atoms with Crippen LogP contribution >= 0.6 is 11.6 Å². The molecule has 1 amide bonds. The van der Waals surface area contributed by atoms with Gasteiger partial charge in [0.05, 0.1) is 17.5 Å². The van der Waals surface area contributed by atoms with E-state index in [0.29, 0.717) is 34.5 Å². The number of aromatic nitrogens is 2. The molecule has 0 bridgehead atoms. The van der Waals surface area contributed by atoms with Crippen LogP contribution in [0.2, 0.25) is 5.02 Å². The van der Waals surface area contributed by atoms with Crippen molar-refractivity contribution in [2.75, 3.05) is 13.2 Å². The first-order valence-electron chi connectivity index (χ1n) is 8.66. The first-order chi connectivity index (χ1) is 13.5. The highest BCUT2D eigenvalue weighted by Crippen LogP contribution is 2.13. The average Bonchev–Trinajstić information content (AvgIpc) is 2.70. The van der Waals surface area contributed by atoms with E-state index in [2.05, 4.69) is 15.5 Å². The number of esters is 1. The Hall–Kier alpha value is -3.19. The first-order valence-corrected chi connectivity index (χ1v) is 9.04. The van der Waals surface area contributed by atoms with Gasteiger partial charge < -0.3 is 10.1 Å². The van der Waals surface area contributed by atoms with Crippen LogP contribution in [0.5, 0.6) is 0 Å². The Labute approximate surface area is 165 Å². The lowest BCUT2D eigenvalue weighted by atomic mass is 10.1. The zero-order valence-electron chi connectivity index (χ0n) is 14.9. The van der Waals surface area contributed by atoms with Gasteiger partial charge in [-0.2, -0.15) is 5.10 Å². The first kappa shape index (κ1) is 19.6. The molecule has 0 fully saturated rings. The summed E-state index contributed by atoms with van der Waals surface area (Å²) in [6, 6.07) is 14.2. The Balaban J connectivity index is 1.46. The molecule has 28 heavy (non-hydrogen) atoms. The molecule has 0 aliphatic heterocycles. The van der Waals surface area contributed by atoms with Gasteiger partial charge in [0, 0.05) is 17.0 Å². The van der Waals surface area contributed by atoms with Crippen LogP contribution in [-0.4, -0.2) is 35.2 Å². The molecule has 2 aromatic carbocycles. The molecule has 0 saturated heterocycles. The molecule has 3 rings (SSSR count). The molecule has 2 N–H and O–H groups in total.